The molecule has 19 heavy (non-hydrogen) atoms. The Labute approximate surface area is 118 Å². The number of allylic oxidation sites excluding steroid dienone is 1. The fourth-order valence-corrected chi connectivity index (χ4v) is 5.05. The van der Waals surface area contributed by atoms with Gasteiger partial charge in [0.1, 0.15) is 0 Å². The van der Waals surface area contributed by atoms with Crippen LogP contribution in [0.15, 0.2) is 11.6 Å². The van der Waals surface area contributed by atoms with Crippen molar-refractivity contribution in [3.63, 3.8) is 0 Å². The molecule has 1 saturated heterocycles. The fraction of sp³-hybridized carbons (Fsp3) is 0.889. The Morgan fingerprint density at radius 1 is 1.26 bits per heavy atom. The topological polar surface area (TPSA) is 9.23 Å². The zero-order valence-electron chi connectivity index (χ0n) is 13.2. The lowest BCUT2D eigenvalue weighted by atomic mass is 9.54. The van der Waals surface area contributed by atoms with Gasteiger partial charge >= 0.3 is 0 Å². The van der Waals surface area contributed by atoms with Crippen LogP contribution < -0.4 is 0 Å². The third-order valence-corrected chi connectivity index (χ3v) is 6.35. The average molecular weight is 262 g/mol. The summed E-state index contributed by atoms with van der Waals surface area (Å²) >= 11 is 0. The van der Waals surface area contributed by atoms with Crippen molar-refractivity contribution in [1.29, 1.82) is 0 Å². The van der Waals surface area contributed by atoms with Crippen LogP contribution in [0.5, 0.6) is 0 Å². The molecule has 3 atom stereocenters. The first-order valence-corrected chi connectivity index (χ1v) is 8.33. The van der Waals surface area contributed by atoms with E-state index < -0.39 is 0 Å². The van der Waals surface area contributed by atoms with Gasteiger partial charge in [-0.25, -0.2) is 0 Å². The van der Waals surface area contributed by atoms with Gasteiger partial charge in [-0.15, -0.1) is 0 Å². The molecule has 2 aliphatic carbocycles. The summed E-state index contributed by atoms with van der Waals surface area (Å²) in [5.74, 6) is 0.767. The van der Waals surface area contributed by atoms with E-state index in [-0.39, 0.29) is 11.2 Å². The highest BCUT2D eigenvalue weighted by Gasteiger charge is 2.64. The maximum Gasteiger partial charge on any atom is 0.0955 e. The minimum Gasteiger partial charge on any atom is -0.364 e. The molecule has 2 bridgehead atoms. The van der Waals surface area contributed by atoms with Crippen LogP contribution in [0, 0.1) is 11.3 Å². The summed E-state index contributed by atoms with van der Waals surface area (Å²) in [6.07, 6.45) is 13.0. The Balaban J connectivity index is 2.02. The maximum atomic E-state index is 6.81. The molecule has 1 aliphatic heterocycles. The molecule has 0 unspecified atom stereocenters. The van der Waals surface area contributed by atoms with Crippen LogP contribution in [0.3, 0.4) is 0 Å². The highest BCUT2D eigenvalue weighted by atomic mass is 16.5. The van der Waals surface area contributed by atoms with Gasteiger partial charge in [-0.2, -0.15) is 0 Å². The molecular formula is C18H30O. The lowest BCUT2D eigenvalue weighted by Gasteiger charge is -2.53. The number of fused-ring (bicyclic) bond motifs is 1. The van der Waals surface area contributed by atoms with E-state index in [0.717, 1.165) is 5.92 Å². The van der Waals surface area contributed by atoms with Gasteiger partial charge in [-0.1, -0.05) is 26.3 Å². The van der Waals surface area contributed by atoms with E-state index in [1.807, 2.05) is 0 Å². The summed E-state index contributed by atoms with van der Waals surface area (Å²) in [6.45, 7) is 9.43. The van der Waals surface area contributed by atoms with Gasteiger partial charge in [0.25, 0.3) is 0 Å². The molecule has 1 nitrogen and oxygen atoms in total. The average Bonchev–Trinajstić information content (AvgIpc) is 2.58. The van der Waals surface area contributed by atoms with Gasteiger partial charge in [0.15, 0.2) is 0 Å². The Morgan fingerprint density at radius 2 is 2.05 bits per heavy atom. The van der Waals surface area contributed by atoms with Crippen LogP contribution in [0.25, 0.3) is 0 Å². The molecule has 3 aliphatic rings. The molecule has 0 amide bonds. The van der Waals surface area contributed by atoms with Gasteiger partial charge < -0.3 is 4.74 Å². The molecule has 0 radical (unpaired) electrons. The zero-order valence-corrected chi connectivity index (χ0v) is 13.2. The molecule has 1 heterocycles. The minimum absolute atomic E-state index is 0.0837. The van der Waals surface area contributed by atoms with Crippen molar-refractivity contribution in [1.82, 2.24) is 0 Å². The molecule has 0 N–H and O–H groups in total. The van der Waals surface area contributed by atoms with E-state index in [1.54, 1.807) is 5.57 Å². The van der Waals surface area contributed by atoms with Crippen molar-refractivity contribution in [2.24, 2.45) is 11.3 Å². The second-order valence-electron chi connectivity index (χ2n) is 7.90. The summed E-state index contributed by atoms with van der Waals surface area (Å²) in [6, 6.07) is 0. The molecule has 108 valence electrons. The van der Waals surface area contributed by atoms with Crippen molar-refractivity contribution in [3.8, 4) is 0 Å². The number of rotatable bonds is 2. The second kappa shape index (κ2) is 4.35. The summed E-state index contributed by atoms with van der Waals surface area (Å²) < 4.78 is 6.81. The van der Waals surface area contributed by atoms with E-state index in [0.29, 0.717) is 5.41 Å². The number of hydrogen-bond donors (Lipinski definition) is 0. The van der Waals surface area contributed by atoms with E-state index in [2.05, 4.69) is 33.8 Å². The highest BCUT2D eigenvalue weighted by molar-refractivity contribution is 5.30. The maximum absolute atomic E-state index is 6.81. The number of ether oxygens (including phenoxy) is 1. The van der Waals surface area contributed by atoms with Crippen LogP contribution in [-0.2, 0) is 4.74 Å². The molecule has 3 rings (SSSR count). The molecule has 3 fully saturated rings. The largest absolute Gasteiger partial charge is 0.364 e. The monoisotopic (exact) mass is 262 g/mol. The van der Waals surface area contributed by atoms with Crippen LogP contribution in [-0.4, -0.2) is 11.2 Å². The molecule has 0 aromatic carbocycles. The first-order chi connectivity index (χ1) is 8.94. The second-order valence-corrected chi connectivity index (χ2v) is 7.90. The van der Waals surface area contributed by atoms with Crippen LogP contribution >= 0.6 is 0 Å². The van der Waals surface area contributed by atoms with Gasteiger partial charge in [-0.05, 0) is 70.3 Å². The predicted octanol–water partition coefficient (Wildman–Crippen LogP) is 5.25. The van der Waals surface area contributed by atoms with E-state index in [9.17, 15) is 0 Å². The Kier molecular flexibility index (Phi) is 3.13. The fourth-order valence-electron chi connectivity index (χ4n) is 5.05. The summed E-state index contributed by atoms with van der Waals surface area (Å²) in [4.78, 5) is 0. The van der Waals surface area contributed by atoms with E-state index >= 15 is 0 Å². The first-order valence-electron chi connectivity index (χ1n) is 8.33. The van der Waals surface area contributed by atoms with E-state index in [4.69, 9.17) is 4.74 Å². The van der Waals surface area contributed by atoms with Gasteiger partial charge in [0.2, 0.25) is 0 Å². The van der Waals surface area contributed by atoms with Crippen molar-refractivity contribution in [3.05, 3.63) is 11.6 Å². The smallest absolute Gasteiger partial charge is 0.0955 e. The minimum atomic E-state index is 0.0837. The molecule has 2 saturated carbocycles. The Morgan fingerprint density at radius 3 is 2.79 bits per heavy atom. The van der Waals surface area contributed by atoms with Crippen molar-refractivity contribution in [2.45, 2.75) is 90.3 Å². The molecule has 1 heteroatoms. The predicted molar refractivity (Wildman–Crippen MR) is 80.2 cm³/mol. The number of hydrogen-bond acceptors (Lipinski definition) is 1. The van der Waals surface area contributed by atoms with E-state index in [1.165, 1.54) is 51.4 Å². The normalized spacial score (nSPS) is 46.3. The molecular weight excluding hydrogens is 232 g/mol. The zero-order chi connectivity index (χ0) is 13.7. The lowest BCUT2D eigenvalue weighted by Crippen LogP contribution is -2.52. The third kappa shape index (κ3) is 1.84. The summed E-state index contributed by atoms with van der Waals surface area (Å²) in [5.41, 5.74) is 2.22. The van der Waals surface area contributed by atoms with Crippen LogP contribution in [0.2, 0.25) is 0 Å². The van der Waals surface area contributed by atoms with Crippen molar-refractivity contribution < 1.29 is 4.74 Å². The highest BCUT2D eigenvalue weighted by Crippen LogP contribution is 2.65. The van der Waals surface area contributed by atoms with Crippen LogP contribution in [0.4, 0.5) is 0 Å². The number of unbranched alkanes of at least 4 members (excludes halogenated alkanes) is 1. The first kappa shape index (κ1) is 13.7. The molecule has 0 aromatic rings. The third-order valence-electron chi connectivity index (χ3n) is 6.35. The van der Waals surface area contributed by atoms with Crippen molar-refractivity contribution in [2.75, 3.05) is 0 Å². The van der Waals surface area contributed by atoms with Gasteiger partial charge in [-0.3, -0.25) is 0 Å². The summed E-state index contributed by atoms with van der Waals surface area (Å²) in [5, 5.41) is 0. The SMILES string of the molecule is CCCC=C1CCC[C@@]2(C)CC[C@@H]3C[C@]12OC3(C)C. The molecule has 0 aromatic heterocycles. The van der Waals surface area contributed by atoms with Gasteiger partial charge in [0, 0.05) is 5.41 Å². The lowest BCUT2D eigenvalue weighted by molar-refractivity contribution is -0.137. The quantitative estimate of drug-likeness (QED) is 0.617. The Bertz CT molecular complexity index is 394. The van der Waals surface area contributed by atoms with Crippen molar-refractivity contribution >= 4 is 0 Å². The Hall–Kier alpha value is -0.300. The van der Waals surface area contributed by atoms with Crippen LogP contribution in [0.1, 0.15) is 79.1 Å². The van der Waals surface area contributed by atoms with Gasteiger partial charge in [0.05, 0.1) is 11.2 Å². The molecule has 1 spiro atoms. The standard InChI is InChI=1S/C18H30O/c1-5-6-8-14-9-7-11-17(4)12-10-15-13-18(14,17)19-16(15,2)3/h8,15H,5-7,9-13H2,1-4H3/t15-,17+,18+/m1/s1. The summed E-state index contributed by atoms with van der Waals surface area (Å²) in [7, 11) is 0.